The van der Waals surface area contributed by atoms with Gasteiger partial charge in [-0.15, -0.1) is 11.3 Å². The van der Waals surface area contributed by atoms with Gasteiger partial charge in [0.05, 0.1) is 33.5 Å². The van der Waals surface area contributed by atoms with Crippen LogP contribution in [-0.4, -0.2) is 36.1 Å². The van der Waals surface area contributed by atoms with Crippen LogP contribution in [0.4, 0.5) is 11.5 Å². The highest BCUT2D eigenvalue weighted by Gasteiger charge is 2.24. The van der Waals surface area contributed by atoms with Crippen molar-refractivity contribution >= 4 is 22.8 Å². The average Bonchev–Trinajstić information content (AvgIpc) is 2.98. The summed E-state index contributed by atoms with van der Waals surface area (Å²) in [4.78, 5) is 13.1. The first-order valence-corrected chi connectivity index (χ1v) is 9.26. The van der Waals surface area contributed by atoms with Crippen molar-refractivity contribution in [1.29, 1.82) is 0 Å². The maximum Gasteiger partial charge on any atom is 0.126 e. The van der Waals surface area contributed by atoms with Crippen LogP contribution in [-0.2, 0) is 6.42 Å². The van der Waals surface area contributed by atoms with E-state index in [4.69, 9.17) is 0 Å². The molecule has 5 nitrogen and oxygen atoms in total. The van der Waals surface area contributed by atoms with Crippen molar-refractivity contribution in [2.24, 2.45) is 0 Å². The molecule has 1 atom stereocenters. The molecule has 23 heavy (non-hydrogen) atoms. The maximum atomic E-state index is 4.66. The van der Waals surface area contributed by atoms with Crippen LogP contribution < -0.4 is 15.5 Å². The summed E-state index contributed by atoms with van der Waals surface area (Å²) in [6.45, 7) is 6.31. The molecule has 2 aromatic rings. The normalized spacial score (nSPS) is 21.1. The molecule has 2 aromatic heterocycles. The first-order chi connectivity index (χ1) is 11.3. The van der Waals surface area contributed by atoms with Crippen molar-refractivity contribution in [2.75, 3.05) is 36.4 Å². The third-order valence-corrected chi connectivity index (χ3v) is 5.74. The van der Waals surface area contributed by atoms with Crippen molar-refractivity contribution in [3.63, 3.8) is 0 Å². The summed E-state index contributed by atoms with van der Waals surface area (Å²) in [5.74, 6) is 0.966. The number of aromatic nitrogens is 2. The van der Waals surface area contributed by atoms with E-state index in [2.05, 4.69) is 44.6 Å². The predicted molar refractivity (Wildman–Crippen MR) is 95.5 cm³/mol. The molecule has 2 aliphatic rings. The van der Waals surface area contributed by atoms with E-state index in [0.29, 0.717) is 6.04 Å². The van der Waals surface area contributed by atoms with Crippen molar-refractivity contribution in [2.45, 2.75) is 32.2 Å². The predicted octanol–water partition coefficient (Wildman–Crippen LogP) is 2.75. The molecule has 1 unspecified atom stereocenters. The fourth-order valence-electron chi connectivity index (χ4n) is 3.44. The lowest BCUT2D eigenvalue weighted by molar-refractivity contribution is 0.588. The topological polar surface area (TPSA) is 53.1 Å². The van der Waals surface area contributed by atoms with E-state index >= 15 is 0 Å². The number of anilines is 2. The van der Waals surface area contributed by atoms with Crippen molar-refractivity contribution in [1.82, 2.24) is 15.3 Å². The molecule has 0 saturated carbocycles. The molecule has 0 radical (unpaired) electrons. The lowest BCUT2D eigenvalue weighted by atomic mass is 9.98. The Labute approximate surface area is 141 Å². The van der Waals surface area contributed by atoms with Gasteiger partial charge in [0.1, 0.15) is 5.82 Å². The molecular weight excluding hydrogens is 306 g/mol. The van der Waals surface area contributed by atoms with E-state index in [1.165, 1.54) is 27.7 Å². The van der Waals surface area contributed by atoms with Crippen molar-refractivity contribution in [3.05, 3.63) is 33.9 Å². The van der Waals surface area contributed by atoms with Crippen LogP contribution in [0.5, 0.6) is 0 Å². The summed E-state index contributed by atoms with van der Waals surface area (Å²) in [5, 5.41) is 8.16. The largest absolute Gasteiger partial charge is 0.368 e. The summed E-state index contributed by atoms with van der Waals surface area (Å²) in [6.07, 6.45) is 5.48. The van der Waals surface area contributed by atoms with Gasteiger partial charge in [0, 0.05) is 26.2 Å². The Bertz CT molecular complexity index is 660. The first kappa shape index (κ1) is 14.9. The fourth-order valence-corrected chi connectivity index (χ4v) is 4.50. The van der Waals surface area contributed by atoms with Crippen molar-refractivity contribution < 1.29 is 0 Å². The Morgan fingerprint density at radius 2 is 2.17 bits per heavy atom. The number of rotatable bonds is 3. The van der Waals surface area contributed by atoms with Gasteiger partial charge in [0.2, 0.25) is 0 Å². The Kier molecular flexibility index (Phi) is 4.18. The summed E-state index contributed by atoms with van der Waals surface area (Å²) < 4.78 is 0. The van der Waals surface area contributed by atoms with E-state index in [1.54, 1.807) is 0 Å². The lowest BCUT2D eigenvalue weighted by Gasteiger charge is -2.29. The van der Waals surface area contributed by atoms with Crippen LogP contribution >= 0.6 is 11.3 Å². The van der Waals surface area contributed by atoms with Gasteiger partial charge in [0.15, 0.2) is 0 Å². The van der Waals surface area contributed by atoms with Crippen LogP contribution in [0.15, 0.2) is 18.3 Å². The molecule has 0 amide bonds. The lowest BCUT2D eigenvalue weighted by Crippen LogP contribution is -2.43. The maximum absolute atomic E-state index is 4.66. The number of nitrogens with one attached hydrogen (secondary N) is 2. The van der Waals surface area contributed by atoms with E-state index in [1.807, 2.05) is 17.5 Å². The molecule has 3 heterocycles. The fraction of sp³-hybridized carbons (Fsp3) is 0.529. The van der Waals surface area contributed by atoms with Crippen molar-refractivity contribution in [3.8, 4) is 0 Å². The highest BCUT2D eigenvalue weighted by molar-refractivity contribution is 7.11. The number of aryl methyl sites for hydroxylation is 2. The molecule has 122 valence electrons. The number of thiazole rings is 1. The molecule has 4 rings (SSSR count). The zero-order valence-electron chi connectivity index (χ0n) is 13.5. The highest BCUT2D eigenvalue weighted by Crippen LogP contribution is 2.36. The molecular formula is C17H23N5S. The van der Waals surface area contributed by atoms with Crippen LogP contribution in [0.25, 0.3) is 0 Å². The molecule has 1 saturated heterocycles. The molecule has 0 spiro atoms. The average molecular weight is 329 g/mol. The van der Waals surface area contributed by atoms with Crippen LogP contribution in [0.3, 0.4) is 0 Å². The van der Waals surface area contributed by atoms with Crippen LogP contribution in [0.1, 0.15) is 34.5 Å². The quantitative estimate of drug-likeness (QED) is 0.907. The minimum Gasteiger partial charge on any atom is -0.368 e. The summed E-state index contributed by atoms with van der Waals surface area (Å²) >= 11 is 1.83. The SMILES string of the molecule is Cc1nc2c(s1)C(Nc1ccc(N3CCNCC3)cn1)CCC2. The second kappa shape index (κ2) is 6.45. The number of fused-ring (bicyclic) bond motifs is 1. The smallest absolute Gasteiger partial charge is 0.126 e. The van der Waals surface area contributed by atoms with Gasteiger partial charge < -0.3 is 15.5 Å². The second-order valence-corrected chi connectivity index (χ2v) is 7.51. The van der Waals surface area contributed by atoms with E-state index < -0.39 is 0 Å². The number of nitrogens with zero attached hydrogens (tertiary/aromatic N) is 3. The summed E-state index contributed by atoms with van der Waals surface area (Å²) in [7, 11) is 0. The second-order valence-electron chi connectivity index (χ2n) is 6.27. The molecule has 2 N–H and O–H groups in total. The Hall–Kier alpha value is -1.66. The first-order valence-electron chi connectivity index (χ1n) is 8.44. The van der Waals surface area contributed by atoms with Crippen LogP contribution in [0, 0.1) is 6.92 Å². The molecule has 0 aromatic carbocycles. The minimum absolute atomic E-state index is 0.363. The molecule has 1 aliphatic heterocycles. The van der Waals surface area contributed by atoms with Crippen LogP contribution in [0.2, 0.25) is 0 Å². The zero-order valence-corrected chi connectivity index (χ0v) is 14.3. The Morgan fingerprint density at radius 1 is 1.30 bits per heavy atom. The number of hydrogen-bond donors (Lipinski definition) is 2. The number of piperazine rings is 1. The van der Waals surface area contributed by atoms with E-state index in [9.17, 15) is 0 Å². The monoisotopic (exact) mass is 329 g/mol. The number of hydrogen-bond acceptors (Lipinski definition) is 6. The summed E-state index contributed by atoms with van der Waals surface area (Å²) in [6, 6.07) is 4.66. The molecule has 1 aliphatic carbocycles. The van der Waals surface area contributed by atoms with E-state index in [-0.39, 0.29) is 0 Å². The van der Waals surface area contributed by atoms with Gasteiger partial charge in [-0.2, -0.15) is 0 Å². The Balaban J connectivity index is 1.47. The standard InChI is InChI=1S/C17H23N5S/c1-12-20-14-3-2-4-15(17(14)23-12)21-16-6-5-13(11-19-16)22-9-7-18-8-10-22/h5-6,11,15,18H,2-4,7-10H2,1H3,(H,19,21). The third kappa shape index (κ3) is 3.19. The van der Waals surface area contributed by atoms with Gasteiger partial charge in [-0.25, -0.2) is 9.97 Å². The van der Waals surface area contributed by atoms with Gasteiger partial charge >= 0.3 is 0 Å². The van der Waals surface area contributed by atoms with Gasteiger partial charge in [-0.05, 0) is 38.3 Å². The molecule has 1 fully saturated rings. The molecule has 6 heteroatoms. The van der Waals surface area contributed by atoms with Gasteiger partial charge in [-0.3, -0.25) is 0 Å². The number of pyridine rings is 1. The zero-order chi connectivity index (χ0) is 15.6. The van der Waals surface area contributed by atoms with Gasteiger partial charge in [-0.1, -0.05) is 0 Å². The van der Waals surface area contributed by atoms with Gasteiger partial charge in [0.25, 0.3) is 0 Å². The Morgan fingerprint density at radius 3 is 2.96 bits per heavy atom. The summed E-state index contributed by atoms with van der Waals surface area (Å²) in [5.41, 5.74) is 2.50. The molecule has 0 bridgehead atoms. The third-order valence-electron chi connectivity index (χ3n) is 4.61. The minimum atomic E-state index is 0.363. The highest BCUT2D eigenvalue weighted by atomic mass is 32.1. The van der Waals surface area contributed by atoms with E-state index in [0.717, 1.165) is 44.8 Å².